The number of carbonyl (C=O) groups excluding carboxylic acids is 1. The Morgan fingerprint density at radius 1 is 1.52 bits per heavy atom. The number of hydrogen-bond acceptors (Lipinski definition) is 6. The van der Waals surface area contributed by atoms with Crippen molar-refractivity contribution in [3.63, 3.8) is 0 Å². The minimum absolute atomic E-state index is 0.177. The third-order valence-electron chi connectivity index (χ3n) is 2.92. The highest BCUT2D eigenvalue weighted by atomic mass is 16.5. The van der Waals surface area contributed by atoms with Gasteiger partial charge in [-0.1, -0.05) is 6.07 Å². The number of ether oxygens (including phenoxy) is 2. The molecule has 6 heteroatoms. The van der Waals surface area contributed by atoms with Crippen LogP contribution in [0.15, 0.2) is 35.1 Å². The zero-order chi connectivity index (χ0) is 15.7. The monoisotopic (exact) mass is 291 g/mol. The van der Waals surface area contributed by atoms with Crippen LogP contribution in [0.5, 0.6) is 5.88 Å². The number of pyridine rings is 1. The van der Waals surface area contributed by atoms with Crippen LogP contribution in [0.4, 0.5) is 0 Å². The largest absolute Gasteiger partial charge is 0.481 e. The summed E-state index contributed by atoms with van der Waals surface area (Å²) in [5.74, 6) is -0.0330. The average molecular weight is 291 g/mol. The quantitative estimate of drug-likeness (QED) is 0.610. The predicted octanol–water partition coefficient (Wildman–Crippen LogP) is 1.67. The molecule has 0 amide bonds. The molecule has 0 aromatic carbocycles. The number of aliphatic imine (C=N–C) groups is 1. The van der Waals surface area contributed by atoms with Crippen molar-refractivity contribution >= 4 is 12.2 Å². The fourth-order valence-electron chi connectivity index (χ4n) is 1.93. The summed E-state index contributed by atoms with van der Waals surface area (Å²) in [5.41, 5.74) is 7.23. The third-order valence-corrected chi connectivity index (χ3v) is 2.92. The molecule has 1 aromatic rings. The van der Waals surface area contributed by atoms with E-state index < -0.39 is 0 Å². The zero-order valence-corrected chi connectivity index (χ0v) is 12.6. The van der Waals surface area contributed by atoms with Gasteiger partial charge in [-0.2, -0.15) is 0 Å². The highest BCUT2D eigenvalue weighted by molar-refractivity contribution is 5.83. The first-order valence-electron chi connectivity index (χ1n) is 6.65. The first-order valence-corrected chi connectivity index (χ1v) is 6.65. The first kappa shape index (κ1) is 16.7. The smallest absolute Gasteiger partial charge is 0.306 e. The molecule has 0 saturated heterocycles. The Bertz CT molecular complexity index is 509. The van der Waals surface area contributed by atoms with Gasteiger partial charge in [0.25, 0.3) is 0 Å². The summed E-state index contributed by atoms with van der Waals surface area (Å²) in [5, 5.41) is 0. The van der Waals surface area contributed by atoms with E-state index in [1.807, 2.05) is 6.07 Å². The normalized spacial score (nSPS) is 13.2. The highest BCUT2D eigenvalue weighted by Crippen LogP contribution is 2.27. The molecule has 0 fully saturated rings. The summed E-state index contributed by atoms with van der Waals surface area (Å²) in [7, 11) is 3.20. The standard InChI is InChI=1S/C15H21N3O3/c1-4-21-15(19)7-13(12(8-16)9-17-2)11-5-6-14(20-3)18-10-11/h5-6,8-10,13H,4,7,16H2,1-3H3. The van der Waals surface area contributed by atoms with Gasteiger partial charge >= 0.3 is 5.97 Å². The number of methoxy groups -OCH3 is 1. The molecule has 6 nitrogen and oxygen atoms in total. The van der Waals surface area contributed by atoms with E-state index in [9.17, 15) is 4.79 Å². The lowest BCUT2D eigenvalue weighted by Gasteiger charge is -2.17. The summed E-state index contributed by atoms with van der Waals surface area (Å²) in [6.45, 7) is 2.12. The molecule has 0 spiro atoms. The van der Waals surface area contributed by atoms with Gasteiger partial charge in [0.15, 0.2) is 0 Å². The van der Waals surface area contributed by atoms with E-state index in [1.54, 1.807) is 39.6 Å². The van der Waals surface area contributed by atoms with Gasteiger partial charge in [0.05, 0.1) is 20.1 Å². The Kier molecular flexibility index (Phi) is 6.94. The van der Waals surface area contributed by atoms with Crippen molar-refractivity contribution in [2.75, 3.05) is 20.8 Å². The second-order valence-electron chi connectivity index (χ2n) is 4.25. The van der Waals surface area contributed by atoms with Gasteiger partial charge in [0.1, 0.15) is 0 Å². The van der Waals surface area contributed by atoms with E-state index in [4.69, 9.17) is 15.2 Å². The lowest BCUT2D eigenvalue weighted by atomic mass is 9.90. The van der Waals surface area contributed by atoms with E-state index in [-0.39, 0.29) is 18.3 Å². The van der Waals surface area contributed by atoms with Crippen LogP contribution in [0.1, 0.15) is 24.8 Å². The van der Waals surface area contributed by atoms with Crippen LogP contribution in [-0.4, -0.2) is 37.9 Å². The van der Waals surface area contributed by atoms with Crippen molar-refractivity contribution in [3.8, 4) is 5.88 Å². The van der Waals surface area contributed by atoms with Crippen molar-refractivity contribution in [2.45, 2.75) is 19.3 Å². The summed E-state index contributed by atoms with van der Waals surface area (Å²) in [4.78, 5) is 19.9. The number of nitrogens with zero attached hydrogens (tertiary/aromatic N) is 2. The second-order valence-corrected chi connectivity index (χ2v) is 4.25. The summed E-state index contributed by atoms with van der Waals surface area (Å²) >= 11 is 0. The topological polar surface area (TPSA) is 86.8 Å². The fraction of sp³-hybridized carbons (Fsp3) is 0.400. The second kappa shape index (κ2) is 8.73. The molecule has 1 aromatic heterocycles. The summed E-state index contributed by atoms with van der Waals surface area (Å²) in [6, 6.07) is 3.59. The van der Waals surface area contributed by atoms with E-state index in [1.165, 1.54) is 6.20 Å². The van der Waals surface area contributed by atoms with Crippen LogP contribution >= 0.6 is 0 Å². The maximum absolute atomic E-state index is 11.8. The van der Waals surface area contributed by atoms with Crippen LogP contribution in [0, 0.1) is 0 Å². The van der Waals surface area contributed by atoms with Gasteiger partial charge in [-0.05, 0) is 24.3 Å². The molecule has 0 saturated carbocycles. The van der Waals surface area contributed by atoms with Crippen molar-refractivity contribution < 1.29 is 14.3 Å². The Balaban J connectivity index is 3.07. The maximum Gasteiger partial charge on any atom is 0.306 e. The molecule has 1 heterocycles. The van der Waals surface area contributed by atoms with E-state index in [0.717, 1.165) is 11.1 Å². The Hall–Kier alpha value is -2.37. The molecule has 1 unspecified atom stereocenters. The van der Waals surface area contributed by atoms with Crippen LogP contribution in [0.25, 0.3) is 0 Å². The summed E-state index contributed by atoms with van der Waals surface area (Å²) in [6.07, 6.45) is 4.92. The van der Waals surface area contributed by atoms with Gasteiger partial charge in [-0.3, -0.25) is 9.79 Å². The summed E-state index contributed by atoms with van der Waals surface area (Å²) < 4.78 is 10.0. The molecular weight excluding hydrogens is 270 g/mol. The van der Waals surface area contributed by atoms with E-state index in [0.29, 0.717) is 12.5 Å². The molecule has 0 aliphatic rings. The van der Waals surface area contributed by atoms with Crippen molar-refractivity contribution in [2.24, 2.45) is 10.7 Å². The van der Waals surface area contributed by atoms with Crippen LogP contribution < -0.4 is 10.5 Å². The Morgan fingerprint density at radius 3 is 2.76 bits per heavy atom. The maximum atomic E-state index is 11.8. The van der Waals surface area contributed by atoms with E-state index in [2.05, 4.69) is 9.98 Å². The minimum Gasteiger partial charge on any atom is -0.481 e. The molecule has 2 N–H and O–H groups in total. The zero-order valence-electron chi connectivity index (χ0n) is 12.6. The molecule has 0 radical (unpaired) electrons. The number of allylic oxidation sites excluding steroid dienone is 1. The molecule has 0 aliphatic heterocycles. The number of nitrogens with two attached hydrogens (primary N) is 1. The number of rotatable bonds is 7. The van der Waals surface area contributed by atoms with Crippen molar-refractivity contribution in [3.05, 3.63) is 35.7 Å². The SMILES string of the molecule is CCOC(=O)CC(C(C=NC)=CN)c1ccc(OC)nc1. The van der Waals surface area contributed by atoms with Crippen LogP contribution in [0.2, 0.25) is 0 Å². The minimum atomic E-state index is -0.290. The van der Waals surface area contributed by atoms with Gasteiger partial charge < -0.3 is 15.2 Å². The molecule has 21 heavy (non-hydrogen) atoms. The molecule has 1 atom stereocenters. The first-order chi connectivity index (χ1) is 10.2. The highest BCUT2D eigenvalue weighted by Gasteiger charge is 2.20. The Morgan fingerprint density at radius 2 is 2.29 bits per heavy atom. The molecule has 1 rings (SSSR count). The van der Waals surface area contributed by atoms with Gasteiger partial charge in [0.2, 0.25) is 5.88 Å². The lowest BCUT2D eigenvalue weighted by molar-refractivity contribution is -0.143. The number of hydrogen-bond donors (Lipinski definition) is 1. The van der Waals surface area contributed by atoms with Crippen LogP contribution in [0.3, 0.4) is 0 Å². The lowest BCUT2D eigenvalue weighted by Crippen LogP contribution is -2.14. The van der Waals surface area contributed by atoms with Gasteiger partial charge in [0, 0.05) is 31.4 Å². The molecule has 0 bridgehead atoms. The van der Waals surface area contributed by atoms with E-state index >= 15 is 0 Å². The molecule has 114 valence electrons. The predicted molar refractivity (Wildman–Crippen MR) is 81.5 cm³/mol. The van der Waals surface area contributed by atoms with Crippen LogP contribution in [-0.2, 0) is 9.53 Å². The number of aromatic nitrogens is 1. The molecular formula is C15H21N3O3. The van der Waals surface area contributed by atoms with Gasteiger partial charge in [-0.25, -0.2) is 4.98 Å². The Labute approximate surface area is 124 Å². The molecule has 0 aliphatic carbocycles. The van der Waals surface area contributed by atoms with Crippen molar-refractivity contribution in [1.82, 2.24) is 4.98 Å². The average Bonchev–Trinajstić information content (AvgIpc) is 2.51. The number of esters is 1. The number of carbonyl (C=O) groups is 1. The third kappa shape index (κ3) is 4.91. The van der Waals surface area contributed by atoms with Gasteiger partial charge in [-0.15, -0.1) is 0 Å². The van der Waals surface area contributed by atoms with Crippen molar-refractivity contribution in [1.29, 1.82) is 0 Å². The fourth-order valence-corrected chi connectivity index (χ4v) is 1.93.